The summed E-state index contributed by atoms with van der Waals surface area (Å²) in [5.41, 5.74) is 0. The van der Waals surface area contributed by atoms with Crippen molar-refractivity contribution in [2.45, 2.75) is 0 Å². The third-order valence-electron chi connectivity index (χ3n) is 0.857. The van der Waals surface area contributed by atoms with Crippen LogP contribution in [0.4, 0.5) is 0 Å². The number of aromatic hydroxyl groups is 2. The van der Waals surface area contributed by atoms with Crippen molar-refractivity contribution in [1.29, 1.82) is 0 Å². The zero-order chi connectivity index (χ0) is 7.02. The summed E-state index contributed by atoms with van der Waals surface area (Å²) in [6.07, 6.45) is 0. The van der Waals surface area contributed by atoms with Gasteiger partial charge in [-0.15, -0.1) is 0 Å². The molecule has 1 rings (SSSR count). The van der Waals surface area contributed by atoms with Crippen LogP contribution >= 0.6 is 27.7 Å². The second-order valence-electron chi connectivity index (χ2n) is 1.45. The van der Waals surface area contributed by atoms with Gasteiger partial charge in [0.2, 0.25) is 11.8 Å². The lowest BCUT2D eigenvalue weighted by atomic mass is 10.6. The Balaban J connectivity index is 3.29. The summed E-state index contributed by atoms with van der Waals surface area (Å²) in [7, 11) is 0. The molecule has 0 unspecified atom stereocenters. The minimum absolute atomic E-state index is 0.115. The summed E-state index contributed by atoms with van der Waals surface area (Å²) in [6.45, 7) is 0. The largest absolute Gasteiger partial charge is 0.494 e. The quantitative estimate of drug-likeness (QED) is 0.688. The first-order valence-electron chi connectivity index (χ1n) is 2.08. The zero-order valence-corrected chi connectivity index (χ0v) is 6.52. The molecule has 0 radical (unpaired) electrons. The summed E-state index contributed by atoms with van der Waals surface area (Å²) in [6, 6.07) is 1.23. The molecule has 0 atom stereocenters. The molecule has 9 heavy (non-hydrogen) atoms. The smallest absolute Gasteiger partial charge is 0.223 e. The summed E-state index contributed by atoms with van der Waals surface area (Å²) >= 11 is 8.21. The number of rotatable bonds is 0. The van der Waals surface area contributed by atoms with Crippen molar-refractivity contribution in [3.05, 3.63) is 11.1 Å². The summed E-state index contributed by atoms with van der Waals surface area (Å²) < 4.78 is 0.995. The van der Waals surface area contributed by atoms with Crippen LogP contribution in [0.1, 0.15) is 0 Å². The second-order valence-corrected chi connectivity index (χ2v) is 2.57. The molecule has 3 nitrogen and oxygen atoms in total. The van der Waals surface area contributed by atoms with E-state index in [1.165, 1.54) is 6.07 Å². The van der Waals surface area contributed by atoms with Crippen LogP contribution in [0.5, 0.6) is 11.8 Å². The predicted molar refractivity (Wildman–Crippen MR) is 37.1 cm³/mol. The lowest BCUT2D eigenvalue weighted by Crippen LogP contribution is -1.73. The molecule has 0 aromatic carbocycles. The average molecular weight is 212 g/mol. The van der Waals surface area contributed by atoms with Gasteiger partial charge in [-0.2, -0.15) is 0 Å². The molecule has 0 amide bonds. The molecule has 1 aromatic rings. The SMILES string of the molecule is Oc1cc(Cl)c(O)n1Br. The molecule has 2 N–H and O–H groups in total. The number of aromatic nitrogens is 1. The van der Waals surface area contributed by atoms with Crippen LogP contribution in [0.15, 0.2) is 6.07 Å². The van der Waals surface area contributed by atoms with E-state index >= 15 is 0 Å². The Kier molecular flexibility index (Phi) is 1.59. The molecule has 1 aromatic heterocycles. The Bertz CT molecular complexity index is 212. The van der Waals surface area contributed by atoms with E-state index in [1.807, 2.05) is 0 Å². The molecular formula is C4H3BrClNO2. The van der Waals surface area contributed by atoms with Gasteiger partial charge in [0.25, 0.3) is 0 Å². The number of nitrogens with zero attached hydrogens (tertiary/aromatic N) is 1. The van der Waals surface area contributed by atoms with Crippen LogP contribution < -0.4 is 0 Å². The van der Waals surface area contributed by atoms with Crippen molar-refractivity contribution in [2.24, 2.45) is 0 Å². The van der Waals surface area contributed by atoms with Crippen molar-refractivity contribution in [2.75, 3.05) is 0 Å². The van der Waals surface area contributed by atoms with Crippen LogP contribution in [0.25, 0.3) is 0 Å². The van der Waals surface area contributed by atoms with E-state index in [9.17, 15) is 0 Å². The molecule has 0 saturated carbocycles. The van der Waals surface area contributed by atoms with Crippen LogP contribution in [0, 0.1) is 0 Å². The summed E-state index contributed by atoms with van der Waals surface area (Å²) in [5, 5.41) is 17.8. The van der Waals surface area contributed by atoms with Gasteiger partial charge in [0.15, 0.2) is 0 Å². The molecule has 0 bridgehead atoms. The maximum Gasteiger partial charge on any atom is 0.223 e. The number of hydrogen-bond acceptors (Lipinski definition) is 2. The maximum absolute atomic E-state index is 8.85. The van der Waals surface area contributed by atoms with Crippen molar-refractivity contribution in [3.63, 3.8) is 0 Å². The molecule has 0 aliphatic heterocycles. The average Bonchev–Trinajstić information content (AvgIpc) is 1.98. The Hall–Kier alpha value is -0.350. The van der Waals surface area contributed by atoms with Gasteiger partial charge in [0.05, 0.1) is 16.1 Å². The fourth-order valence-corrected chi connectivity index (χ4v) is 1.01. The first kappa shape index (κ1) is 6.77. The van der Waals surface area contributed by atoms with Crippen LogP contribution in [0.3, 0.4) is 0 Å². The van der Waals surface area contributed by atoms with Crippen LogP contribution in [-0.4, -0.2) is 13.8 Å². The van der Waals surface area contributed by atoms with Gasteiger partial charge >= 0.3 is 0 Å². The van der Waals surface area contributed by atoms with E-state index in [0.29, 0.717) is 0 Å². The van der Waals surface area contributed by atoms with E-state index in [0.717, 1.165) is 3.59 Å². The fourth-order valence-electron chi connectivity index (χ4n) is 0.437. The highest BCUT2D eigenvalue weighted by molar-refractivity contribution is 9.08. The highest BCUT2D eigenvalue weighted by Crippen LogP contribution is 2.32. The molecule has 0 fully saturated rings. The van der Waals surface area contributed by atoms with E-state index in [2.05, 4.69) is 16.1 Å². The normalized spacial score (nSPS) is 10.0. The van der Waals surface area contributed by atoms with Gasteiger partial charge in [-0.05, 0) is 0 Å². The van der Waals surface area contributed by atoms with Gasteiger partial charge in [-0.3, -0.25) is 0 Å². The van der Waals surface area contributed by atoms with Gasteiger partial charge in [-0.25, -0.2) is 3.59 Å². The molecule has 50 valence electrons. The van der Waals surface area contributed by atoms with Gasteiger partial charge in [-0.1, -0.05) is 11.6 Å². The van der Waals surface area contributed by atoms with Crippen molar-refractivity contribution in [1.82, 2.24) is 3.59 Å². The van der Waals surface area contributed by atoms with Gasteiger partial charge < -0.3 is 10.2 Å². The third-order valence-corrected chi connectivity index (χ3v) is 1.83. The minimum atomic E-state index is -0.200. The van der Waals surface area contributed by atoms with Crippen molar-refractivity contribution < 1.29 is 10.2 Å². The Labute approximate surface area is 64.8 Å². The molecule has 0 saturated heterocycles. The van der Waals surface area contributed by atoms with Gasteiger partial charge in [0.1, 0.15) is 5.02 Å². The fraction of sp³-hybridized carbons (Fsp3) is 0. The topological polar surface area (TPSA) is 45.4 Å². The predicted octanol–water partition coefficient (Wildman–Crippen LogP) is 1.71. The molecule has 0 aliphatic rings. The Morgan fingerprint density at radius 3 is 2.22 bits per heavy atom. The van der Waals surface area contributed by atoms with Crippen LogP contribution in [-0.2, 0) is 0 Å². The highest BCUT2D eigenvalue weighted by atomic mass is 79.9. The van der Waals surface area contributed by atoms with Gasteiger partial charge in [0, 0.05) is 6.07 Å². The Morgan fingerprint density at radius 1 is 1.56 bits per heavy atom. The maximum atomic E-state index is 8.85. The van der Waals surface area contributed by atoms with E-state index < -0.39 is 0 Å². The standard InChI is InChI=1S/C4H3BrClNO2/c5-7-3(8)1-2(6)4(7)9/h1,8-9H. The first-order valence-corrected chi connectivity index (χ1v) is 3.17. The molecular weight excluding hydrogens is 209 g/mol. The zero-order valence-electron chi connectivity index (χ0n) is 4.17. The summed E-state index contributed by atoms with van der Waals surface area (Å²) in [5.74, 6) is -0.327. The molecule has 5 heteroatoms. The number of halogens is 2. The van der Waals surface area contributed by atoms with E-state index in [1.54, 1.807) is 0 Å². The molecule has 0 spiro atoms. The van der Waals surface area contributed by atoms with E-state index in [4.69, 9.17) is 21.8 Å². The van der Waals surface area contributed by atoms with E-state index in [-0.39, 0.29) is 16.8 Å². The highest BCUT2D eigenvalue weighted by Gasteiger charge is 2.08. The van der Waals surface area contributed by atoms with Crippen molar-refractivity contribution >= 4 is 27.7 Å². The molecule has 0 aliphatic carbocycles. The third kappa shape index (κ3) is 0.997. The van der Waals surface area contributed by atoms with Crippen LogP contribution in [0.2, 0.25) is 5.02 Å². The lowest BCUT2D eigenvalue weighted by molar-refractivity contribution is 0.418. The monoisotopic (exact) mass is 211 g/mol. The first-order chi connectivity index (χ1) is 4.13. The molecule has 1 heterocycles. The summed E-state index contributed by atoms with van der Waals surface area (Å²) in [4.78, 5) is 0. The Morgan fingerprint density at radius 2 is 2.11 bits per heavy atom. The second kappa shape index (κ2) is 2.11. The van der Waals surface area contributed by atoms with Crippen molar-refractivity contribution in [3.8, 4) is 11.8 Å². The lowest BCUT2D eigenvalue weighted by Gasteiger charge is -1.90. The number of hydrogen-bond donors (Lipinski definition) is 2. The minimum Gasteiger partial charge on any atom is -0.494 e.